The van der Waals surface area contributed by atoms with Crippen LogP contribution in [0.15, 0.2) is 12.1 Å². The first-order valence-corrected chi connectivity index (χ1v) is 5.39. The molecule has 0 saturated carbocycles. The van der Waals surface area contributed by atoms with Crippen LogP contribution in [0.1, 0.15) is 36.1 Å². The van der Waals surface area contributed by atoms with Gasteiger partial charge in [0.2, 0.25) is 0 Å². The van der Waals surface area contributed by atoms with Crippen molar-refractivity contribution < 1.29 is 13.2 Å². The number of hydrogen-bond donors (Lipinski definition) is 1. The Morgan fingerprint density at radius 3 is 2.06 bits per heavy atom. The van der Waals surface area contributed by atoms with Crippen LogP contribution >= 0.6 is 0 Å². The van der Waals surface area contributed by atoms with Gasteiger partial charge in [-0.1, -0.05) is 19.9 Å². The lowest BCUT2D eigenvalue weighted by atomic mass is 10.0. The van der Waals surface area contributed by atoms with Crippen LogP contribution < -0.4 is 5.32 Å². The van der Waals surface area contributed by atoms with Gasteiger partial charge in [-0.3, -0.25) is 0 Å². The summed E-state index contributed by atoms with van der Waals surface area (Å²) in [6, 6.07) is 2.88. The van der Waals surface area contributed by atoms with Gasteiger partial charge < -0.3 is 5.32 Å². The lowest BCUT2D eigenvalue weighted by Crippen LogP contribution is -2.08. The molecule has 1 aromatic carbocycles. The fraction of sp³-hybridized carbons (Fsp3) is 0.500. The second-order valence-electron chi connectivity index (χ2n) is 3.54. The monoisotopic (exact) mass is 231 g/mol. The van der Waals surface area contributed by atoms with Crippen molar-refractivity contribution in [2.24, 2.45) is 0 Å². The molecule has 0 fully saturated rings. The molecule has 1 N–H and O–H groups in total. The SMILES string of the molecule is CC.Cc1cc2c(cc1C(F)(F)F)CNC2. The Labute approximate surface area is 93.7 Å². The molecular weight excluding hydrogens is 215 g/mol. The van der Waals surface area contributed by atoms with Crippen LogP contribution in [0.5, 0.6) is 0 Å². The zero-order valence-electron chi connectivity index (χ0n) is 9.70. The van der Waals surface area contributed by atoms with Gasteiger partial charge in [0.1, 0.15) is 0 Å². The summed E-state index contributed by atoms with van der Waals surface area (Å²) in [5.41, 5.74) is 1.54. The number of nitrogens with one attached hydrogen (secondary N) is 1. The number of hydrogen-bond acceptors (Lipinski definition) is 1. The van der Waals surface area contributed by atoms with Gasteiger partial charge in [0.05, 0.1) is 5.56 Å². The highest BCUT2D eigenvalue weighted by Gasteiger charge is 2.33. The molecule has 1 aliphatic rings. The molecule has 2 rings (SSSR count). The largest absolute Gasteiger partial charge is 0.416 e. The molecule has 0 amide bonds. The zero-order valence-corrected chi connectivity index (χ0v) is 9.70. The molecule has 0 saturated heterocycles. The number of benzene rings is 1. The van der Waals surface area contributed by atoms with E-state index in [0.29, 0.717) is 18.7 Å². The molecular formula is C12H16F3N. The Morgan fingerprint density at radius 2 is 1.56 bits per heavy atom. The minimum Gasteiger partial charge on any atom is -0.309 e. The smallest absolute Gasteiger partial charge is 0.309 e. The molecule has 4 heteroatoms. The van der Waals surface area contributed by atoms with Gasteiger partial charge in [-0.05, 0) is 29.7 Å². The molecule has 1 heterocycles. The van der Waals surface area contributed by atoms with Crippen LogP contribution in [0.4, 0.5) is 13.2 Å². The van der Waals surface area contributed by atoms with Crippen molar-refractivity contribution in [2.45, 2.75) is 40.0 Å². The summed E-state index contributed by atoms with van der Waals surface area (Å²) in [4.78, 5) is 0. The van der Waals surface area contributed by atoms with Crippen molar-refractivity contribution in [1.29, 1.82) is 0 Å². The van der Waals surface area contributed by atoms with Gasteiger partial charge in [-0.15, -0.1) is 0 Å². The number of halogens is 3. The van der Waals surface area contributed by atoms with Gasteiger partial charge in [0.15, 0.2) is 0 Å². The summed E-state index contributed by atoms with van der Waals surface area (Å²) in [6.07, 6.45) is -4.23. The quantitative estimate of drug-likeness (QED) is 0.718. The first-order chi connectivity index (χ1) is 7.48. The maximum atomic E-state index is 12.5. The molecule has 16 heavy (non-hydrogen) atoms. The van der Waals surface area contributed by atoms with Crippen LogP contribution in [0, 0.1) is 6.92 Å². The van der Waals surface area contributed by atoms with Crippen molar-refractivity contribution >= 4 is 0 Å². The predicted octanol–water partition coefficient (Wildman–Crippen LogP) is 3.64. The molecule has 1 aromatic rings. The van der Waals surface area contributed by atoms with Crippen LogP contribution in [-0.4, -0.2) is 0 Å². The predicted molar refractivity (Wildman–Crippen MR) is 58.1 cm³/mol. The Morgan fingerprint density at radius 1 is 1.06 bits per heavy atom. The minimum atomic E-state index is -4.23. The van der Waals surface area contributed by atoms with Gasteiger partial charge in [0, 0.05) is 13.1 Å². The van der Waals surface area contributed by atoms with E-state index in [4.69, 9.17) is 0 Å². The molecule has 1 aliphatic heterocycles. The highest BCUT2D eigenvalue weighted by molar-refractivity contribution is 5.41. The van der Waals surface area contributed by atoms with E-state index in [1.807, 2.05) is 13.8 Å². The minimum absolute atomic E-state index is 0.306. The fourth-order valence-corrected chi connectivity index (χ4v) is 1.78. The number of fused-ring (bicyclic) bond motifs is 1. The fourth-order valence-electron chi connectivity index (χ4n) is 1.78. The van der Waals surface area contributed by atoms with E-state index < -0.39 is 11.7 Å². The van der Waals surface area contributed by atoms with Crippen molar-refractivity contribution in [3.63, 3.8) is 0 Å². The zero-order chi connectivity index (χ0) is 12.3. The second kappa shape index (κ2) is 4.87. The summed E-state index contributed by atoms with van der Waals surface area (Å²) in [5, 5.41) is 3.03. The van der Waals surface area contributed by atoms with Crippen LogP contribution in [0.25, 0.3) is 0 Å². The molecule has 0 aliphatic carbocycles. The number of aryl methyl sites for hydroxylation is 1. The topological polar surface area (TPSA) is 12.0 Å². The third kappa shape index (κ3) is 2.55. The van der Waals surface area contributed by atoms with Crippen molar-refractivity contribution in [1.82, 2.24) is 5.32 Å². The third-order valence-corrected chi connectivity index (χ3v) is 2.48. The Hall–Kier alpha value is -1.03. The molecule has 0 unspecified atom stereocenters. The Bertz CT molecular complexity index is 369. The van der Waals surface area contributed by atoms with Gasteiger partial charge in [0.25, 0.3) is 0 Å². The van der Waals surface area contributed by atoms with E-state index in [0.717, 1.165) is 11.1 Å². The first kappa shape index (κ1) is 13.0. The van der Waals surface area contributed by atoms with Crippen LogP contribution in [0.2, 0.25) is 0 Å². The van der Waals surface area contributed by atoms with Gasteiger partial charge in [-0.25, -0.2) is 0 Å². The van der Waals surface area contributed by atoms with E-state index in [2.05, 4.69) is 5.32 Å². The maximum absolute atomic E-state index is 12.5. The molecule has 0 atom stereocenters. The number of rotatable bonds is 0. The van der Waals surface area contributed by atoms with Gasteiger partial charge >= 0.3 is 6.18 Å². The normalized spacial score (nSPS) is 14.1. The molecule has 0 spiro atoms. The Kier molecular flexibility index (Phi) is 3.97. The molecule has 0 bridgehead atoms. The van der Waals surface area contributed by atoms with Gasteiger partial charge in [-0.2, -0.15) is 13.2 Å². The summed E-state index contributed by atoms with van der Waals surface area (Å²) >= 11 is 0. The second-order valence-corrected chi connectivity index (χ2v) is 3.54. The first-order valence-electron chi connectivity index (χ1n) is 5.39. The summed E-state index contributed by atoms with van der Waals surface area (Å²) in [6.45, 7) is 6.72. The average Bonchev–Trinajstić information content (AvgIpc) is 2.65. The van der Waals surface area contributed by atoms with Crippen LogP contribution in [-0.2, 0) is 19.3 Å². The van der Waals surface area contributed by atoms with Crippen molar-refractivity contribution in [2.75, 3.05) is 0 Å². The molecule has 0 aromatic heterocycles. The molecule has 0 radical (unpaired) electrons. The number of alkyl halides is 3. The van der Waals surface area contributed by atoms with E-state index in [1.54, 1.807) is 6.07 Å². The lowest BCUT2D eigenvalue weighted by Gasteiger charge is -2.11. The van der Waals surface area contributed by atoms with E-state index in [1.165, 1.54) is 13.0 Å². The molecule has 90 valence electrons. The van der Waals surface area contributed by atoms with E-state index in [-0.39, 0.29) is 0 Å². The average molecular weight is 231 g/mol. The standard InChI is InChI=1S/C10H10F3N.C2H6/c1-6-2-7-4-14-5-8(7)3-9(6)10(11,12)13;1-2/h2-3,14H,4-5H2,1H3;1-2H3. The van der Waals surface area contributed by atoms with E-state index >= 15 is 0 Å². The van der Waals surface area contributed by atoms with Crippen molar-refractivity contribution in [3.05, 3.63) is 34.4 Å². The summed E-state index contributed by atoms with van der Waals surface area (Å²) in [5.74, 6) is 0. The van der Waals surface area contributed by atoms with Crippen LogP contribution in [0.3, 0.4) is 0 Å². The highest BCUT2D eigenvalue weighted by atomic mass is 19.4. The summed E-state index contributed by atoms with van der Waals surface area (Å²) < 4.78 is 37.5. The third-order valence-electron chi connectivity index (χ3n) is 2.48. The maximum Gasteiger partial charge on any atom is 0.416 e. The lowest BCUT2D eigenvalue weighted by molar-refractivity contribution is -0.138. The van der Waals surface area contributed by atoms with E-state index in [9.17, 15) is 13.2 Å². The highest BCUT2D eigenvalue weighted by Crippen LogP contribution is 2.34. The van der Waals surface area contributed by atoms with Crippen molar-refractivity contribution in [3.8, 4) is 0 Å². The molecule has 1 nitrogen and oxygen atoms in total. The Balaban J connectivity index is 0.000000606. The summed E-state index contributed by atoms with van der Waals surface area (Å²) in [7, 11) is 0.